The Kier molecular flexibility index (Phi) is 4.29. The number of rotatable bonds is 4. The van der Waals surface area contributed by atoms with Gasteiger partial charge in [-0.05, 0) is 12.1 Å². The van der Waals surface area contributed by atoms with Gasteiger partial charge in [0, 0.05) is 5.56 Å². The number of halogens is 6. The van der Waals surface area contributed by atoms with E-state index in [1.807, 2.05) is 0 Å². The first kappa shape index (κ1) is 17.1. The lowest BCUT2D eigenvalue weighted by Gasteiger charge is -2.39. The summed E-state index contributed by atoms with van der Waals surface area (Å²) in [4.78, 5) is 11.1. The minimum Gasteiger partial charge on any atom is -0.478 e. The summed E-state index contributed by atoms with van der Waals surface area (Å²) in [5, 5.41) is 8.98. The molecule has 4 nitrogen and oxygen atoms in total. The van der Waals surface area contributed by atoms with Crippen LogP contribution in [-0.2, 0) is 9.53 Å². The number of benzene rings is 1. The van der Waals surface area contributed by atoms with Gasteiger partial charge in [0.15, 0.2) is 0 Å². The highest BCUT2D eigenvalue weighted by atomic mass is 19.4. The maximum Gasteiger partial charge on any atom is 0.461 e. The smallest absolute Gasteiger partial charge is 0.461 e. The number of aliphatic carboxylic acids is 1. The van der Waals surface area contributed by atoms with Crippen molar-refractivity contribution < 1.29 is 45.7 Å². The monoisotopic (exact) mass is 342 g/mol. The van der Waals surface area contributed by atoms with Gasteiger partial charge in [0.25, 0.3) is 12.8 Å². The zero-order valence-corrected chi connectivity index (χ0v) is 11.0. The Labute approximate surface area is 124 Å². The minimum atomic E-state index is -5.63. The highest BCUT2D eigenvalue weighted by Crippen LogP contribution is 2.47. The Morgan fingerprint density at radius 1 is 1.22 bits per heavy atom. The Balaban J connectivity index is 2.63. The first-order valence-corrected chi connectivity index (χ1v) is 5.99. The fraction of sp³-hybridized carbons (Fsp3) is 0.308. The number of para-hydroxylation sites is 1. The molecule has 23 heavy (non-hydrogen) atoms. The number of ether oxygens (including phenoxy) is 2. The van der Waals surface area contributed by atoms with E-state index in [4.69, 9.17) is 5.11 Å². The maximum atomic E-state index is 13.4. The van der Waals surface area contributed by atoms with Crippen LogP contribution in [0.25, 0.3) is 6.08 Å². The second kappa shape index (κ2) is 5.76. The van der Waals surface area contributed by atoms with Crippen LogP contribution in [0.3, 0.4) is 0 Å². The van der Waals surface area contributed by atoms with Crippen LogP contribution in [0.15, 0.2) is 29.8 Å². The van der Waals surface area contributed by atoms with E-state index in [0.29, 0.717) is 6.08 Å². The number of carboxylic acid groups (broad SMARTS) is 1. The fourth-order valence-corrected chi connectivity index (χ4v) is 1.93. The average Bonchev–Trinajstić information content (AvgIpc) is 2.44. The van der Waals surface area contributed by atoms with E-state index in [1.54, 1.807) is 0 Å². The average molecular weight is 342 g/mol. The predicted octanol–water partition coefficient (Wildman–Crippen LogP) is 3.38. The molecule has 1 aromatic carbocycles. The molecular formula is C13H8F6O4. The molecule has 10 heteroatoms. The molecule has 0 saturated heterocycles. The van der Waals surface area contributed by atoms with Crippen molar-refractivity contribution in [1.82, 2.24) is 0 Å². The fourth-order valence-electron chi connectivity index (χ4n) is 1.93. The largest absolute Gasteiger partial charge is 0.478 e. The highest BCUT2D eigenvalue weighted by molar-refractivity contribution is 5.95. The summed E-state index contributed by atoms with van der Waals surface area (Å²) in [6.07, 6.45) is -12.7. The highest BCUT2D eigenvalue weighted by Gasteiger charge is 2.66. The Morgan fingerprint density at radius 3 is 2.35 bits per heavy atom. The number of fused-ring (bicyclic) bond motifs is 1. The van der Waals surface area contributed by atoms with Crippen molar-refractivity contribution in [1.29, 1.82) is 0 Å². The third-order valence-corrected chi connectivity index (χ3v) is 2.91. The minimum absolute atomic E-state index is 0.0548. The van der Waals surface area contributed by atoms with Gasteiger partial charge in [0.2, 0.25) is 0 Å². The second-order valence-electron chi connectivity index (χ2n) is 4.42. The van der Waals surface area contributed by atoms with Crippen LogP contribution in [-0.4, -0.2) is 35.8 Å². The quantitative estimate of drug-likeness (QED) is 0.853. The molecule has 1 N–H and O–H groups in total. The first-order valence-electron chi connectivity index (χ1n) is 5.99. The van der Waals surface area contributed by atoms with Crippen molar-refractivity contribution in [2.24, 2.45) is 0 Å². The number of hydrogen-bond donors (Lipinski definition) is 1. The number of alkyl halides is 6. The van der Waals surface area contributed by atoms with Gasteiger partial charge in [-0.25, -0.2) is 18.0 Å². The SMILES string of the molecule is O=C(O)C1=Cc2ccccc2OC1(OC(F)C(F)F)C(F)(F)F. The molecule has 0 amide bonds. The van der Waals surface area contributed by atoms with Crippen LogP contribution in [0.2, 0.25) is 0 Å². The lowest BCUT2D eigenvalue weighted by atomic mass is 9.98. The van der Waals surface area contributed by atoms with Crippen LogP contribution < -0.4 is 4.74 Å². The summed E-state index contributed by atoms with van der Waals surface area (Å²) in [5.41, 5.74) is -1.62. The molecule has 1 aliphatic heterocycles. The normalized spacial score (nSPS) is 22.1. The summed E-state index contributed by atoms with van der Waals surface area (Å²) < 4.78 is 86.0. The molecule has 0 spiro atoms. The van der Waals surface area contributed by atoms with Gasteiger partial charge in [-0.15, -0.1) is 0 Å². The van der Waals surface area contributed by atoms with E-state index >= 15 is 0 Å². The molecule has 2 rings (SSSR count). The van der Waals surface area contributed by atoms with Gasteiger partial charge < -0.3 is 9.84 Å². The van der Waals surface area contributed by atoms with E-state index in [2.05, 4.69) is 9.47 Å². The van der Waals surface area contributed by atoms with Crippen molar-refractivity contribution in [3.63, 3.8) is 0 Å². The van der Waals surface area contributed by atoms with E-state index in [9.17, 15) is 31.1 Å². The first-order chi connectivity index (χ1) is 10.6. The Hall–Kier alpha value is -2.23. The van der Waals surface area contributed by atoms with Gasteiger partial charge in [-0.3, -0.25) is 4.74 Å². The van der Waals surface area contributed by atoms with Crippen LogP contribution in [0.5, 0.6) is 5.75 Å². The van der Waals surface area contributed by atoms with E-state index in [0.717, 1.165) is 6.07 Å². The summed E-state index contributed by atoms with van der Waals surface area (Å²) in [6.45, 7) is 0. The Morgan fingerprint density at radius 2 is 1.83 bits per heavy atom. The van der Waals surface area contributed by atoms with Crippen LogP contribution >= 0.6 is 0 Å². The molecule has 1 heterocycles. The van der Waals surface area contributed by atoms with Crippen molar-refractivity contribution in [3.05, 3.63) is 35.4 Å². The molecule has 1 aliphatic rings. The molecule has 2 unspecified atom stereocenters. The second-order valence-corrected chi connectivity index (χ2v) is 4.42. The third-order valence-electron chi connectivity index (χ3n) is 2.91. The van der Waals surface area contributed by atoms with Crippen LogP contribution in [0, 0.1) is 0 Å². The lowest BCUT2D eigenvalue weighted by molar-refractivity contribution is -0.368. The van der Waals surface area contributed by atoms with Gasteiger partial charge >= 0.3 is 17.9 Å². The van der Waals surface area contributed by atoms with Gasteiger partial charge in [-0.1, -0.05) is 18.2 Å². The van der Waals surface area contributed by atoms with Crippen molar-refractivity contribution in [3.8, 4) is 5.75 Å². The van der Waals surface area contributed by atoms with Crippen LogP contribution in [0.4, 0.5) is 26.3 Å². The van der Waals surface area contributed by atoms with E-state index in [1.165, 1.54) is 18.2 Å². The van der Waals surface area contributed by atoms with Crippen molar-refractivity contribution in [2.45, 2.75) is 24.7 Å². The molecule has 0 bridgehead atoms. The summed E-state index contributed by atoms with van der Waals surface area (Å²) in [7, 11) is 0. The third kappa shape index (κ3) is 2.98. The molecule has 2 atom stereocenters. The predicted molar refractivity (Wildman–Crippen MR) is 63.5 cm³/mol. The maximum absolute atomic E-state index is 13.4. The molecule has 0 aromatic heterocycles. The molecule has 1 aromatic rings. The topological polar surface area (TPSA) is 55.8 Å². The molecule has 126 valence electrons. The zero-order chi connectivity index (χ0) is 17.4. The number of carbonyl (C=O) groups is 1. The van der Waals surface area contributed by atoms with Gasteiger partial charge in [0.05, 0.1) is 0 Å². The van der Waals surface area contributed by atoms with Crippen molar-refractivity contribution in [2.75, 3.05) is 0 Å². The Bertz CT molecular complexity index is 642. The molecule has 0 radical (unpaired) electrons. The van der Waals surface area contributed by atoms with Crippen molar-refractivity contribution >= 4 is 12.0 Å². The zero-order valence-electron chi connectivity index (χ0n) is 11.0. The molecule has 0 aliphatic carbocycles. The van der Waals surface area contributed by atoms with E-state index < -0.39 is 42.0 Å². The summed E-state index contributed by atoms with van der Waals surface area (Å²) in [6, 6.07) is 4.92. The molecule has 0 fully saturated rings. The summed E-state index contributed by atoms with van der Waals surface area (Å²) >= 11 is 0. The molecule has 0 saturated carbocycles. The van der Waals surface area contributed by atoms with E-state index in [-0.39, 0.29) is 5.56 Å². The standard InChI is InChI=1S/C13H8F6O4/c14-9(15)10(16)23-12(13(17,18)19)7(11(20)21)5-6-3-1-2-4-8(6)22-12/h1-5,9-10H,(H,20,21). The number of hydrogen-bond acceptors (Lipinski definition) is 3. The van der Waals surface area contributed by atoms with Crippen LogP contribution in [0.1, 0.15) is 5.56 Å². The van der Waals surface area contributed by atoms with Gasteiger partial charge in [0.1, 0.15) is 11.3 Å². The molecular weight excluding hydrogens is 334 g/mol. The number of carboxylic acids is 1. The van der Waals surface area contributed by atoms with Gasteiger partial charge in [-0.2, -0.15) is 13.2 Å². The summed E-state index contributed by atoms with van der Waals surface area (Å²) in [5.74, 6) is -6.84. The lowest BCUT2D eigenvalue weighted by Crippen LogP contribution is -2.58.